The Morgan fingerprint density at radius 2 is 2.29 bits per heavy atom. The normalized spacial score (nSPS) is 9.29. The third-order valence-electron chi connectivity index (χ3n) is 2.08. The van der Waals surface area contributed by atoms with Crippen molar-refractivity contribution >= 4 is 11.7 Å². The first-order chi connectivity index (χ1) is 8.17. The van der Waals surface area contributed by atoms with E-state index in [2.05, 4.69) is 11.8 Å². The van der Waals surface area contributed by atoms with Gasteiger partial charge in [0.25, 0.3) is 0 Å². The van der Waals surface area contributed by atoms with Crippen molar-refractivity contribution in [3.63, 3.8) is 0 Å². The molecule has 17 heavy (non-hydrogen) atoms. The van der Waals surface area contributed by atoms with Gasteiger partial charge >= 0.3 is 5.97 Å². The van der Waals surface area contributed by atoms with Gasteiger partial charge in [-0.15, -0.1) is 0 Å². The first-order valence-electron chi connectivity index (χ1n) is 5.31. The van der Waals surface area contributed by atoms with Gasteiger partial charge in [-0.3, -0.25) is 4.79 Å². The van der Waals surface area contributed by atoms with E-state index in [1.54, 1.807) is 25.1 Å². The second-order valence-electron chi connectivity index (χ2n) is 3.36. The molecule has 0 aliphatic carbocycles. The number of ether oxygens (including phenoxy) is 1. The van der Waals surface area contributed by atoms with Crippen LogP contribution >= 0.6 is 0 Å². The van der Waals surface area contributed by atoms with Crippen molar-refractivity contribution in [1.29, 1.82) is 0 Å². The van der Waals surface area contributed by atoms with Crippen LogP contribution in [-0.4, -0.2) is 17.7 Å². The van der Waals surface area contributed by atoms with Crippen LogP contribution in [0.25, 0.3) is 0 Å². The second-order valence-corrected chi connectivity index (χ2v) is 3.36. The van der Waals surface area contributed by atoms with Gasteiger partial charge in [-0.2, -0.15) is 0 Å². The van der Waals surface area contributed by atoms with Gasteiger partial charge < -0.3 is 15.6 Å². The maximum atomic E-state index is 11.0. The Bertz CT molecular complexity index is 457. The molecule has 0 spiro atoms. The second kappa shape index (κ2) is 6.56. The molecule has 1 aromatic rings. The lowest BCUT2D eigenvalue weighted by Crippen LogP contribution is -2.01. The lowest BCUT2D eigenvalue weighted by Gasteiger charge is -2.01. The summed E-state index contributed by atoms with van der Waals surface area (Å²) in [6.07, 6.45) is 0.0622. The Labute approximate surface area is 100 Å². The molecule has 4 nitrogen and oxygen atoms in total. The number of anilines is 1. The average Bonchev–Trinajstić information content (AvgIpc) is 2.31. The fourth-order valence-electron chi connectivity index (χ4n) is 1.25. The molecular weight excluding hydrogens is 218 g/mol. The van der Waals surface area contributed by atoms with Crippen LogP contribution in [-0.2, 0) is 16.1 Å². The van der Waals surface area contributed by atoms with E-state index in [0.29, 0.717) is 23.4 Å². The lowest BCUT2D eigenvalue weighted by molar-refractivity contribution is -0.141. The topological polar surface area (TPSA) is 72.5 Å². The molecule has 0 radical (unpaired) electrons. The number of esters is 1. The average molecular weight is 233 g/mol. The molecule has 0 aliphatic heterocycles. The van der Waals surface area contributed by atoms with Crippen LogP contribution in [0.3, 0.4) is 0 Å². The van der Waals surface area contributed by atoms with Gasteiger partial charge in [0.15, 0.2) is 0 Å². The summed E-state index contributed by atoms with van der Waals surface area (Å²) in [6.45, 7) is 1.98. The van der Waals surface area contributed by atoms with Crippen molar-refractivity contribution in [2.45, 2.75) is 20.0 Å². The summed E-state index contributed by atoms with van der Waals surface area (Å²) in [6, 6.07) is 5.13. The maximum Gasteiger partial charge on any atom is 0.317 e. The zero-order valence-corrected chi connectivity index (χ0v) is 9.69. The van der Waals surface area contributed by atoms with Crippen LogP contribution in [0.4, 0.5) is 5.69 Å². The highest BCUT2D eigenvalue weighted by molar-refractivity contribution is 5.72. The summed E-state index contributed by atoms with van der Waals surface area (Å²) in [5, 5.41) is 9.02. The Morgan fingerprint density at radius 3 is 2.94 bits per heavy atom. The Balaban J connectivity index is 2.69. The van der Waals surface area contributed by atoms with Gasteiger partial charge in [-0.05, 0) is 25.1 Å². The van der Waals surface area contributed by atoms with Gasteiger partial charge in [0.2, 0.25) is 0 Å². The van der Waals surface area contributed by atoms with Gasteiger partial charge in [0.1, 0.15) is 6.42 Å². The molecule has 0 saturated carbocycles. The predicted molar refractivity (Wildman–Crippen MR) is 64.9 cm³/mol. The highest BCUT2D eigenvalue weighted by Crippen LogP contribution is 2.13. The first kappa shape index (κ1) is 13.1. The molecule has 1 aromatic carbocycles. The molecule has 4 heteroatoms. The van der Waals surface area contributed by atoms with Crippen molar-refractivity contribution in [1.82, 2.24) is 0 Å². The van der Waals surface area contributed by atoms with E-state index in [-0.39, 0.29) is 19.0 Å². The summed E-state index contributed by atoms with van der Waals surface area (Å²) in [7, 11) is 0. The first-order valence-corrected chi connectivity index (χ1v) is 5.31. The number of aliphatic hydroxyl groups excluding tert-OH is 1. The van der Waals surface area contributed by atoms with Crippen molar-refractivity contribution in [3.8, 4) is 11.8 Å². The van der Waals surface area contributed by atoms with E-state index in [1.165, 1.54) is 0 Å². The zero-order chi connectivity index (χ0) is 12.7. The number of benzene rings is 1. The minimum Gasteiger partial charge on any atom is -0.465 e. The standard InChI is InChI=1S/C13H15NO3/c1-2-17-13(16)5-3-4-10-6-7-12(14)11(8-10)9-15/h6-8,15H,2,5,9,14H2,1H3. The number of nitrogens with two attached hydrogens (primary N) is 1. The Hall–Kier alpha value is -1.99. The third kappa shape index (κ3) is 4.17. The van der Waals surface area contributed by atoms with Crippen molar-refractivity contribution in [2.75, 3.05) is 12.3 Å². The fourth-order valence-corrected chi connectivity index (χ4v) is 1.25. The van der Waals surface area contributed by atoms with Crippen LogP contribution < -0.4 is 5.73 Å². The zero-order valence-electron chi connectivity index (χ0n) is 9.69. The number of rotatable bonds is 3. The fraction of sp³-hybridized carbons (Fsp3) is 0.308. The molecule has 0 saturated heterocycles. The SMILES string of the molecule is CCOC(=O)CC#Cc1ccc(N)c(CO)c1. The Morgan fingerprint density at radius 1 is 1.53 bits per heavy atom. The van der Waals surface area contributed by atoms with Crippen LogP contribution in [0.15, 0.2) is 18.2 Å². The maximum absolute atomic E-state index is 11.0. The van der Waals surface area contributed by atoms with Crippen LogP contribution in [0.2, 0.25) is 0 Å². The van der Waals surface area contributed by atoms with Crippen LogP contribution in [0, 0.1) is 11.8 Å². The van der Waals surface area contributed by atoms with Gasteiger partial charge in [-0.25, -0.2) is 0 Å². The highest BCUT2D eigenvalue weighted by Gasteiger charge is 1.99. The quantitative estimate of drug-likeness (QED) is 0.465. The number of hydrogen-bond donors (Lipinski definition) is 2. The molecule has 0 atom stereocenters. The number of carbonyl (C=O) groups excluding carboxylic acids is 1. The Kier molecular flexibility index (Phi) is 5.05. The number of carbonyl (C=O) groups is 1. The summed E-state index contributed by atoms with van der Waals surface area (Å²) in [5.41, 5.74) is 7.51. The van der Waals surface area contributed by atoms with Crippen molar-refractivity contribution in [2.24, 2.45) is 0 Å². The molecule has 0 fully saturated rings. The van der Waals surface area contributed by atoms with E-state index < -0.39 is 0 Å². The third-order valence-corrected chi connectivity index (χ3v) is 2.08. The smallest absolute Gasteiger partial charge is 0.317 e. The monoisotopic (exact) mass is 233 g/mol. The van der Waals surface area contributed by atoms with Crippen molar-refractivity contribution in [3.05, 3.63) is 29.3 Å². The largest absolute Gasteiger partial charge is 0.465 e. The van der Waals surface area contributed by atoms with E-state index in [1.807, 2.05) is 0 Å². The minimum atomic E-state index is -0.335. The van der Waals surface area contributed by atoms with E-state index in [4.69, 9.17) is 15.6 Å². The van der Waals surface area contributed by atoms with E-state index in [0.717, 1.165) is 0 Å². The van der Waals surface area contributed by atoms with E-state index >= 15 is 0 Å². The lowest BCUT2D eigenvalue weighted by atomic mass is 10.1. The van der Waals surface area contributed by atoms with Gasteiger partial charge in [0, 0.05) is 16.8 Å². The predicted octanol–water partition coefficient (Wildman–Crippen LogP) is 1.07. The number of aliphatic hydroxyl groups is 1. The molecule has 0 heterocycles. The number of nitrogen functional groups attached to an aromatic ring is 1. The molecule has 0 unspecified atom stereocenters. The molecule has 0 aromatic heterocycles. The van der Waals surface area contributed by atoms with Gasteiger partial charge in [-0.1, -0.05) is 11.8 Å². The van der Waals surface area contributed by atoms with Crippen LogP contribution in [0.1, 0.15) is 24.5 Å². The molecule has 1 rings (SSSR count). The molecule has 3 N–H and O–H groups in total. The molecule has 0 bridgehead atoms. The summed E-state index contributed by atoms with van der Waals surface area (Å²) < 4.78 is 4.74. The molecule has 0 aliphatic rings. The summed E-state index contributed by atoms with van der Waals surface area (Å²) >= 11 is 0. The molecule has 0 amide bonds. The molecule has 90 valence electrons. The van der Waals surface area contributed by atoms with E-state index in [9.17, 15) is 4.79 Å². The van der Waals surface area contributed by atoms with Crippen molar-refractivity contribution < 1.29 is 14.6 Å². The summed E-state index contributed by atoms with van der Waals surface area (Å²) in [5.74, 6) is 5.19. The summed E-state index contributed by atoms with van der Waals surface area (Å²) in [4.78, 5) is 11.0. The number of hydrogen-bond acceptors (Lipinski definition) is 4. The van der Waals surface area contributed by atoms with Gasteiger partial charge in [0.05, 0.1) is 13.2 Å². The van der Waals surface area contributed by atoms with Crippen LogP contribution in [0.5, 0.6) is 0 Å². The minimum absolute atomic E-state index is 0.0622. The molecular formula is C13H15NO3. The highest BCUT2D eigenvalue weighted by atomic mass is 16.5.